The van der Waals surface area contributed by atoms with Gasteiger partial charge < -0.3 is 5.11 Å². The molecule has 2 saturated heterocycles. The topological polar surface area (TPSA) is 77.9 Å². The predicted octanol–water partition coefficient (Wildman–Crippen LogP) is 1.31. The van der Waals surface area contributed by atoms with E-state index < -0.39 is 16.0 Å². The highest BCUT2D eigenvalue weighted by molar-refractivity contribution is 7.91. The fraction of sp³-hybridized carbons (Fsp3) is 0.615. The first-order chi connectivity index (χ1) is 9.98. The normalized spacial score (nSPS) is 24.7. The number of fused-ring (bicyclic) bond motifs is 1. The lowest BCUT2D eigenvalue weighted by Gasteiger charge is -2.24. The van der Waals surface area contributed by atoms with E-state index in [9.17, 15) is 13.2 Å². The van der Waals surface area contributed by atoms with Crippen LogP contribution in [0.4, 0.5) is 0 Å². The van der Waals surface area contributed by atoms with Gasteiger partial charge in [-0.25, -0.2) is 13.2 Å². The fourth-order valence-corrected chi connectivity index (χ4v) is 5.90. The van der Waals surface area contributed by atoms with Crippen molar-refractivity contribution in [2.45, 2.75) is 29.5 Å². The molecule has 2 aliphatic heterocycles. The van der Waals surface area contributed by atoms with Crippen molar-refractivity contribution < 1.29 is 18.3 Å². The van der Waals surface area contributed by atoms with Crippen LogP contribution in [0.15, 0.2) is 15.7 Å². The Morgan fingerprint density at radius 2 is 2.05 bits per heavy atom. The van der Waals surface area contributed by atoms with E-state index in [0.29, 0.717) is 19.1 Å². The van der Waals surface area contributed by atoms with Crippen LogP contribution < -0.4 is 0 Å². The summed E-state index contributed by atoms with van der Waals surface area (Å²) >= 11 is 0.986. The molecule has 0 amide bonds. The van der Waals surface area contributed by atoms with E-state index in [1.807, 2.05) is 0 Å². The second-order valence-corrected chi connectivity index (χ2v) is 8.58. The van der Waals surface area contributed by atoms with Crippen LogP contribution >= 0.6 is 11.3 Å². The molecular weight excluding hydrogens is 312 g/mol. The Balaban J connectivity index is 1.84. The average molecular weight is 330 g/mol. The van der Waals surface area contributed by atoms with Crippen molar-refractivity contribution in [2.75, 3.05) is 26.2 Å². The minimum Gasteiger partial charge on any atom is -0.478 e. The molecule has 1 aromatic rings. The van der Waals surface area contributed by atoms with Crippen molar-refractivity contribution in [2.24, 2.45) is 0 Å². The maximum atomic E-state index is 12.7. The summed E-state index contributed by atoms with van der Waals surface area (Å²) in [7, 11) is -3.57. The highest BCUT2D eigenvalue weighted by atomic mass is 32.2. The monoisotopic (exact) mass is 330 g/mol. The Kier molecular flexibility index (Phi) is 4.04. The van der Waals surface area contributed by atoms with Gasteiger partial charge in [0.15, 0.2) is 0 Å². The van der Waals surface area contributed by atoms with Gasteiger partial charge in [-0.1, -0.05) is 0 Å². The Labute approximate surface area is 128 Å². The molecule has 116 valence electrons. The summed E-state index contributed by atoms with van der Waals surface area (Å²) in [6.07, 6.45) is 2.99. The first-order valence-corrected chi connectivity index (χ1v) is 9.36. The first kappa shape index (κ1) is 15.0. The molecule has 2 fully saturated rings. The number of nitrogens with zero attached hydrogens (tertiary/aromatic N) is 2. The van der Waals surface area contributed by atoms with Crippen LogP contribution in [0.3, 0.4) is 0 Å². The molecule has 0 bridgehead atoms. The van der Waals surface area contributed by atoms with Crippen molar-refractivity contribution in [3.63, 3.8) is 0 Å². The maximum absolute atomic E-state index is 12.7. The zero-order valence-electron chi connectivity index (χ0n) is 11.6. The second-order valence-electron chi connectivity index (χ2n) is 5.51. The van der Waals surface area contributed by atoms with Gasteiger partial charge in [-0.2, -0.15) is 4.31 Å². The van der Waals surface area contributed by atoms with Gasteiger partial charge in [0.1, 0.15) is 4.21 Å². The Morgan fingerprint density at radius 3 is 2.76 bits per heavy atom. The summed E-state index contributed by atoms with van der Waals surface area (Å²) in [5.41, 5.74) is 0.0379. The van der Waals surface area contributed by atoms with Gasteiger partial charge in [0.2, 0.25) is 0 Å². The summed E-state index contributed by atoms with van der Waals surface area (Å²) in [6.45, 7) is 3.03. The van der Waals surface area contributed by atoms with E-state index in [1.54, 1.807) is 0 Å². The molecule has 0 aromatic carbocycles. The molecule has 0 aliphatic carbocycles. The SMILES string of the molecule is O=C(O)c1csc(S(=O)(=O)N2CCCN3CCCC3C2)c1. The summed E-state index contributed by atoms with van der Waals surface area (Å²) in [6, 6.07) is 1.57. The molecule has 0 spiro atoms. The number of hydrogen-bond acceptors (Lipinski definition) is 5. The van der Waals surface area contributed by atoms with Gasteiger partial charge in [-0.3, -0.25) is 4.90 Å². The van der Waals surface area contributed by atoms with Crippen LogP contribution in [0.2, 0.25) is 0 Å². The molecule has 0 saturated carbocycles. The third kappa shape index (κ3) is 2.85. The number of thiophene rings is 1. The molecule has 1 unspecified atom stereocenters. The molecule has 1 aromatic heterocycles. The lowest BCUT2D eigenvalue weighted by molar-refractivity contribution is 0.0697. The highest BCUT2D eigenvalue weighted by Crippen LogP contribution is 2.28. The Bertz CT molecular complexity index is 640. The third-order valence-corrected chi connectivity index (χ3v) is 7.46. The molecule has 0 radical (unpaired) electrons. The summed E-state index contributed by atoms with van der Waals surface area (Å²) in [5.74, 6) is -1.09. The van der Waals surface area contributed by atoms with Crippen LogP contribution in [0, 0.1) is 0 Å². The zero-order chi connectivity index (χ0) is 15.0. The minimum atomic E-state index is -3.57. The van der Waals surface area contributed by atoms with Gasteiger partial charge in [0, 0.05) is 24.5 Å². The number of carboxylic acid groups (broad SMARTS) is 1. The Morgan fingerprint density at radius 1 is 1.29 bits per heavy atom. The van der Waals surface area contributed by atoms with E-state index in [0.717, 1.165) is 43.7 Å². The zero-order valence-corrected chi connectivity index (χ0v) is 13.2. The third-order valence-electron chi connectivity index (χ3n) is 4.18. The van der Waals surface area contributed by atoms with Crippen LogP contribution in [0.5, 0.6) is 0 Å². The molecular formula is C13H18N2O4S2. The predicted molar refractivity (Wildman–Crippen MR) is 79.2 cm³/mol. The number of rotatable bonds is 3. The largest absolute Gasteiger partial charge is 0.478 e. The van der Waals surface area contributed by atoms with Crippen molar-refractivity contribution in [1.82, 2.24) is 9.21 Å². The van der Waals surface area contributed by atoms with Crippen molar-refractivity contribution >= 4 is 27.3 Å². The Hall–Kier alpha value is -0.960. The average Bonchev–Trinajstić information content (AvgIpc) is 3.04. The van der Waals surface area contributed by atoms with Gasteiger partial charge in [-0.05, 0) is 38.4 Å². The number of carbonyl (C=O) groups is 1. The summed E-state index contributed by atoms with van der Waals surface area (Å²) in [5, 5.41) is 10.3. The number of aromatic carboxylic acids is 1. The fourth-order valence-electron chi connectivity index (χ4n) is 3.08. The van der Waals surface area contributed by atoms with Gasteiger partial charge in [0.25, 0.3) is 10.0 Å². The lowest BCUT2D eigenvalue weighted by atomic mass is 10.2. The van der Waals surface area contributed by atoms with E-state index >= 15 is 0 Å². The van der Waals surface area contributed by atoms with E-state index in [4.69, 9.17) is 5.11 Å². The second kappa shape index (κ2) is 5.68. The van der Waals surface area contributed by atoms with Crippen LogP contribution in [0.25, 0.3) is 0 Å². The molecule has 3 heterocycles. The van der Waals surface area contributed by atoms with Crippen LogP contribution in [-0.2, 0) is 10.0 Å². The summed E-state index contributed by atoms with van der Waals surface area (Å²) in [4.78, 5) is 13.3. The molecule has 21 heavy (non-hydrogen) atoms. The summed E-state index contributed by atoms with van der Waals surface area (Å²) < 4.78 is 27.0. The molecule has 1 atom stereocenters. The molecule has 2 aliphatic rings. The van der Waals surface area contributed by atoms with Crippen molar-refractivity contribution in [1.29, 1.82) is 0 Å². The van der Waals surface area contributed by atoms with Crippen LogP contribution in [-0.4, -0.2) is 60.9 Å². The molecule has 8 heteroatoms. The van der Waals surface area contributed by atoms with Gasteiger partial charge in [0.05, 0.1) is 5.56 Å². The minimum absolute atomic E-state index is 0.0379. The number of sulfonamides is 1. The number of hydrogen-bond donors (Lipinski definition) is 1. The maximum Gasteiger partial charge on any atom is 0.336 e. The van der Waals surface area contributed by atoms with Crippen molar-refractivity contribution in [3.8, 4) is 0 Å². The smallest absolute Gasteiger partial charge is 0.336 e. The van der Waals surface area contributed by atoms with Gasteiger partial charge in [-0.15, -0.1) is 11.3 Å². The quantitative estimate of drug-likeness (QED) is 0.904. The molecule has 1 N–H and O–H groups in total. The van der Waals surface area contributed by atoms with Crippen LogP contribution in [0.1, 0.15) is 29.6 Å². The molecule has 3 rings (SSSR count). The lowest BCUT2D eigenvalue weighted by Crippen LogP contribution is -2.39. The highest BCUT2D eigenvalue weighted by Gasteiger charge is 2.35. The van der Waals surface area contributed by atoms with E-state index in [-0.39, 0.29) is 9.77 Å². The van der Waals surface area contributed by atoms with Crippen molar-refractivity contribution in [3.05, 3.63) is 17.0 Å². The van der Waals surface area contributed by atoms with E-state index in [1.165, 1.54) is 15.8 Å². The molecule has 6 nitrogen and oxygen atoms in total. The van der Waals surface area contributed by atoms with E-state index in [2.05, 4.69) is 4.90 Å². The van der Waals surface area contributed by atoms with Gasteiger partial charge >= 0.3 is 5.97 Å². The first-order valence-electron chi connectivity index (χ1n) is 7.04. The number of carboxylic acids is 1. The standard InChI is InChI=1S/C13H18N2O4S2/c16-13(17)10-7-12(20-9-10)21(18,19)15-6-2-5-14-4-1-3-11(14)8-15/h7,9,11H,1-6,8H2,(H,16,17).